The van der Waals surface area contributed by atoms with Crippen LogP contribution in [0.2, 0.25) is 0 Å². The van der Waals surface area contributed by atoms with E-state index in [2.05, 4.69) is 15.1 Å². The molecule has 0 N–H and O–H groups in total. The second kappa shape index (κ2) is 5.96. The average molecular weight is 357 g/mol. The van der Waals surface area contributed by atoms with Gasteiger partial charge in [0, 0.05) is 19.3 Å². The summed E-state index contributed by atoms with van der Waals surface area (Å²) < 4.78 is 17.3. The molecule has 0 radical (unpaired) electrons. The SMILES string of the molecule is CCN(Cc1nnc2n(C)c(=O)c3sccc3n12)c1ccc(F)cc1. The summed E-state index contributed by atoms with van der Waals surface area (Å²) >= 11 is 1.41. The van der Waals surface area contributed by atoms with Crippen LogP contribution < -0.4 is 10.5 Å². The third kappa shape index (κ3) is 2.49. The van der Waals surface area contributed by atoms with Crippen LogP contribution in [0.25, 0.3) is 16.0 Å². The van der Waals surface area contributed by atoms with Crippen molar-refractivity contribution in [2.45, 2.75) is 13.5 Å². The van der Waals surface area contributed by atoms with Gasteiger partial charge in [-0.15, -0.1) is 21.5 Å². The first-order chi connectivity index (χ1) is 12.1. The van der Waals surface area contributed by atoms with Crippen molar-refractivity contribution in [1.82, 2.24) is 19.2 Å². The van der Waals surface area contributed by atoms with Crippen LogP contribution in [-0.2, 0) is 13.6 Å². The molecule has 0 aliphatic rings. The first-order valence-corrected chi connectivity index (χ1v) is 8.79. The van der Waals surface area contributed by atoms with Crippen molar-refractivity contribution in [1.29, 1.82) is 0 Å². The zero-order valence-corrected chi connectivity index (χ0v) is 14.6. The number of halogens is 1. The van der Waals surface area contributed by atoms with Gasteiger partial charge in [0.2, 0.25) is 5.78 Å². The molecule has 6 nitrogen and oxygen atoms in total. The Morgan fingerprint density at radius 2 is 1.96 bits per heavy atom. The van der Waals surface area contributed by atoms with Crippen molar-refractivity contribution in [3.63, 3.8) is 0 Å². The number of hydrogen-bond acceptors (Lipinski definition) is 5. The quantitative estimate of drug-likeness (QED) is 0.564. The van der Waals surface area contributed by atoms with Crippen molar-refractivity contribution >= 4 is 33.0 Å². The molecule has 3 aromatic heterocycles. The van der Waals surface area contributed by atoms with Crippen LogP contribution in [0, 0.1) is 5.82 Å². The Morgan fingerprint density at radius 3 is 2.68 bits per heavy atom. The minimum Gasteiger partial charge on any atom is -0.364 e. The van der Waals surface area contributed by atoms with Crippen LogP contribution in [0.5, 0.6) is 0 Å². The summed E-state index contributed by atoms with van der Waals surface area (Å²) in [5.41, 5.74) is 1.66. The lowest BCUT2D eigenvalue weighted by molar-refractivity contribution is 0.627. The molecule has 0 aliphatic heterocycles. The Kier molecular flexibility index (Phi) is 3.76. The molecule has 0 saturated heterocycles. The van der Waals surface area contributed by atoms with Crippen LogP contribution >= 0.6 is 11.3 Å². The predicted octanol–water partition coefficient (Wildman–Crippen LogP) is 2.81. The van der Waals surface area contributed by atoms with Crippen molar-refractivity contribution in [2.24, 2.45) is 7.05 Å². The van der Waals surface area contributed by atoms with Crippen molar-refractivity contribution in [3.05, 3.63) is 57.7 Å². The standard InChI is InChI=1S/C17H16FN5OS/c1-3-22(12-6-4-11(18)5-7-12)10-14-19-20-17-21(2)16(24)15-13(23(14)17)8-9-25-15/h4-9H,3,10H2,1-2H3. The molecule has 0 bridgehead atoms. The highest BCUT2D eigenvalue weighted by Gasteiger charge is 2.17. The molecule has 0 fully saturated rings. The largest absolute Gasteiger partial charge is 0.364 e. The third-order valence-electron chi connectivity index (χ3n) is 4.30. The van der Waals surface area contributed by atoms with E-state index in [9.17, 15) is 9.18 Å². The molecule has 1 aromatic carbocycles. The smallest absolute Gasteiger partial charge is 0.272 e. The van der Waals surface area contributed by atoms with Gasteiger partial charge in [-0.05, 0) is 42.6 Å². The maximum Gasteiger partial charge on any atom is 0.272 e. The topological polar surface area (TPSA) is 55.4 Å². The highest BCUT2D eigenvalue weighted by Crippen LogP contribution is 2.21. The number of aryl methyl sites for hydroxylation is 1. The van der Waals surface area contributed by atoms with Crippen molar-refractivity contribution < 1.29 is 4.39 Å². The van der Waals surface area contributed by atoms with Crippen LogP contribution in [0.3, 0.4) is 0 Å². The number of rotatable bonds is 4. The second-order valence-electron chi connectivity index (χ2n) is 5.74. The van der Waals surface area contributed by atoms with E-state index in [4.69, 9.17) is 0 Å². The summed E-state index contributed by atoms with van der Waals surface area (Å²) in [5, 5.41) is 10.4. The molecule has 4 aromatic rings. The molecular formula is C17H16FN5OS. The lowest BCUT2D eigenvalue weighted by atomic mass is 10.2. The van der Waals surface area contributed by atoms with Gasteiger partial charge in [-0.2, -0.15) is 0 Å². The number of hydrogen-bond donors (Lipinski definition) is 0. The molecule has 0 saturated carbocycles. The number of fused-ring (bicyclic) bond motifs is 3. The minimum atomic E-state index is -0.261. The second-order valence-corrected chi connectivity index (χ2v) is 6.66. The van der Waals surface area contributed by atoms with Gasteiger partial charge in [0.25, 0.3) is 5.56 Å². The van der Waals surface area contributed by atoms with E-state index in [1.165, 1.54) is 28.0 Å². The monoisotopic (exact) mass is 357 g/mol. The summed E-state index contributed by atoms with van der Waals surface area (Å²) in [6, 6.07) is 8.30. The zero-order chi connectivity index (χ0) is 17.6. The highest BCUT2D eigenvalue weighted by atomic mass is 32.1. The number of thiophene rings is 1. The summed E-state index contributed by atoms with van der Waals surface area (Å²) in [4.78, 5) is 14.5. The van der Waals surface area contributed by atoms with Gasteiger partial charge in [0.15, 0.2) is 5.82 Å². The van der Waals surface area contributed by atoms with Gasteiger partial charge in [0.1, 0.15) is 10.5 Å². The minimum absolute atomic E-state index is 0.0673. The third-order valence-corrected chi connectivity index (χ3v) is 5.19. The van der Waals surface area contributed by atoms with Gasteiger partial charge in [0.05, 0.1) is 12.1 Å². The first-order valence-electron chi connectivity index (χ1n) is 7.91. The molecule has 0 unspecified atom stereocenters. The molecule has 0 atom stereocenters. The molecular weight excluding hydrogens is 341 g/mol. The molecule has 3 heterocycles. The van der Waals surface area contributed by atoms with E-state index in [0.717, 1.165) is 23.6 Å². The summed E-state index contributed by atoms with van der Waals surface area (Å²) in [6.45, 7) is 3.27. The zero-order valence-electron chi connectivity index (χ0n) is 13.8. The molecule has 8 heteroatoms. The number of aromatic nitrogens is 4. The Morgan fingerprint density at radius 1 is 1.20 bits per heavy atom. The van der Waals surface area contributed by atoms with E-state index < -0.39 is 0 Å². The molecule has 4 rings (SSSR count). The van der Waals surface area contributed by atoms with Gasteiger partial charge >= 0.3 is 0 Å². The molecule has 128 valence electrons. The van der Waals surface area contributed by atoms with Gasteiger partial charge in [-0.25, -0.2) is 4.39 Å². The predicted molar refractivity (Wildman–Crippen MR) is 96.7 cm³/mol. The van der Waals surface area contributed by atoms with E-state index in [1.54, 1.807) is 19.2 Å². The molecule has 25 heavy (non-hydrogen) atoms. The Bertz CT molecular complexity index is 1110. The van der Waals surface area contributed by atoms with Gasteiger partial charge in [-0.1, -0.05) is 0 Å². The van der Waals surface area contributed by atoms with Gasteiger partial charge in [-0.3, -0.25) is 13.8 Å². The van der Waals surface area contributed by atoms with E-state index >= 15 is 0 Å². The maximum atomic E-state index is 13.2. The summed E-state index contributed by atoms with van der Waals surface area (Å²) in [5.74, 6) is 0.990. The molecule has 0 amide bonds. The Balaban J connectivity index is 1.84. The Labute approximate surface area is 146 Å². The van der Waals surface area contributed by atoms with E-state index in [0.29, 0.717) is 17.0 Å². The number of nitrogens with zero attached hydrogens (tertiary/aromatic N) is 5. The molecule has 0 spiro atoms. The molecule has 0 aliphatic carbocycles. The normalized spacial score (nSPS) is 11.5. The fourth-order valence-electron chi connectivity index (χ4n) is 2.96. The van der Waals surface area contributed by atoms with E-state index in [1.807, 2.05) is 22.8 Å². The summed E-state index contributed by atoms with van der Waals surface area (Å²) in [7, 11) is 1.70. The fourth-order valence-corrected chi connectivity index (χ4v) is 3.81. The van der Waals surface area contributed by atoms with E-state index in [-0.39, 0.29) is 11.4 Å². The first kappa shape index (κ1) is 15.8. The van der Waals surface area contributed by atoms with Crippen LogP contribution in [0.15, 0.2) is 40.5 Å². The average Bonchev–Trinajstić information content (AvgIpc) is 3.25. The fraction of sp³-hybridized carbons (Fsp3) is 0.235. The van der Waals surface area contributed by atoms with Crippen LogP contribution in [-0.4, -0.2) is 25.7 Å². The van der Waals surface area contributed by atoms with Gasteiger partial charge < -0.3 is 4.90 Å². The highest BCUT2D eigenvalue weighted by molar-refractivity contribution is 7.17. The number of anilines is 1. The van der Waals surface area contributed by atoms with Crippen LogP contribution in [0.1, 0.15) is 12.7 Å². The number of benzene rings is 1. The van der Waals surface area contributed by atoms with Crippen molar-refractivity contribution in [2.75, 3.05) is 11.4 Å². The van der Waals surface area contributed by atoms with Crippen molar-refractivity contribution in [3.8, 4) is 0 Å². The Hall–Kier alpha value is -2.74. The summed E-state index contributed by atoms with van der Waals surface area (Å²) in [6.07, 6.45) is 0. The lowest BCUT2D eigenvalue weighted by Crippen LogP contribution is -2.24. The van der Waals surface area contributed by atoms with Crippen LogP contribution in [0.4, 0.5) is 10.1 Å². The maximum absolute atomic E-state index is 13.2. The lowest BCUT2D eigenvalue weighted by Gasteiger charge is -2.22.